The number of carbonyl (C=O) groups excluding carboxylic acids is 9. The van der Waals surface area contributed by atoms with Crippen molar-refractivity contribution < 1.29 is 85.8 Å². The van der Waals surface area contributed by atoms with E-state index in [-0.39, 0.29) is 145 Å². The molecule has 0 saturated heterocycles. The van der Waals surface area contributed by atoms with E-state index in [9.17, 15) is 43.2 Å². The fourth-order valence-corrected chi connectivity index (χ4v) is 18.9. The molecule has 5 aliphatic carbocycles. The maximum absolute atomic E-state index is 14.6. The largest absolute Gasteiger partial charge is 0.399 e. The summed E-state index contributed by atoms with van der Waals surface area (Å²) in [5, 5.41) is 24.9. The molecule has 14 N–H and O–H groups in total. The van der Waals surface area contributed by atoms with Gasteiger partial charge >= 0.3 is 0 Å². The number of para-hydroxylation sites is 1. The van der Waals surface area contributed by atoms with E-state index in [0.29, 0.717) is 122 Å². The molecule has 1 aliphatic heterocycles. The molecule has 10 rings (SSSR count). The number of unbranched alkanes of at least 4 members (excludes halogenated alkanes) is 1. The Hall–Kier alpha value is -9.08. The van der Waals surface area contributed by atoms with Gasteiger partial charge in [0, 0.05) is 79.6 Å². The summed E-state index contributed by atoms with van der Waals surface area (Å²) in [7, 11) is 0. The highest BCUT2D eigenvalue weighted by atomic mass is 32.1. The topological polar surface area (TPSA) is 417 Å². The van der Waals surface area contributed by atoms with Crippen LogP contribution in [-0.4, -0.2) is 234 Å². The first kappa shape index (κ1) is 102. The van der Waals surface area contributed by atoms with Gasteiger partial charge in [0.05, 0.1) is 154 Å². The van der Waals surface area contributed by atoms with E-state index in [0.717, 1.165) is 135 Å². The molecule has 2 fully saturated rings. The zero-order valence-electron chi connectivity index (χ0n) is 76.2. The minimum atomic E-state index is -1.12. The number of hydrazine groups is 1. The van der Waals surface area contributed by atoms with Crippen LogP contribution in [-0.2, 0) is 111 Å². The number of nitrogen functional groups attached to an aromatic ring is 1. The minimum Gasteiger partial charge on any atom is -0.399 e. The van der Waals surface area contributed by atoms with Crippen molar-refractivity contribution in [3.63, 3.8) is 0 Å². The second-order valence-electron chi connectivity index (χ2n) is 35.1. The van der Waals surface area contributed by atoms with E-state index < -0.39 is 65.1 Å². The number of aryl methyl sites for hydroxylation is 2. The first-order valence-electron chi connectivity index (χ1n) is 46.7. The zero-order valence-corrected chi connectivity index (χ0v) is 77.0. The number of nitrogens with two attached hydrogens (primary N) is 3. The van der Waals surface area contributed by atoms with Gasteiger partial charge in [-0.25, -0.2) is 5.84 Å². The highest BCUT2D eigenvalue weighted by molar-refractivity contribution is 7.80. The predicted octanol–water partition coefficient (Wildman–Crippen LogP) is 7.62. The van der Waals surface area contributed by atoms with Crippen molar-refractivity contribution in [1.82, 2.24) is 42.2 Å². The van der Waals surface area contributed by atoms with Crippen LogP contribution in [0.2, 0.25) is 0 Å². The Morgan fingerprint density at radius 2 is 1.21 bits per heavy atom. The number of imide groups is 1. The molecular weight excluding hydrogens is 1670 g/mol. The standard InChI is InChI=1S/C97H141N13O18S/c1-67(2)91(94(118)104-64-87(113)105-74-32-28-70-30-34-79-76(20-15-38-96(79,3)80(70)63-74)92(116)108-95(119)97(4)39-14-19-75-77-62-73(98)31-27-69(77)29-33-78(75)97)107-93(117)81(21-12-13-40-102-88(114)66-128-84-24-7-5-6-23-83(90(84)99)110(100)44-48-123-52-56-127-60-59-125-54-50-121-46-41-101-43-61-129)106-86(112)37-45-120-49-53-124-57-58-126-55-51-122-47-42-103-85(111)35-36-89(115)109-65-72-18-9-8-16-68(72)25-26-71-17-10-11-22-82(71)109/h8-11,16-18,22,27-28,31-32,62-63,67,75-76,78-79,81,84,91,101,129H,5-7,12-15,19-21,23-24,29-30,33-61,64-66,98-100H2,1-4H3,(H,102,114)(H,103,111)(H,104,118)(H,105,113)(H,106,112)(H,107,117)(H,108,116,119)/t75?,76?,78-,79?,81-,84?,91?,96+,97+/m1/s1. The van der Waals surface area contributed by atoms with Crippen molar-refractivity contribution in [1.29, 1.82) is 0 Å². The number of fused-ring (bicyclic) bond motifs is 8. The maximum atomic E-state index is 14.6. The fraction of sp³-hybridized carbons (Fsp3) is 0.619. The van der Waals surface area contributed by atoms with Gasteiger partial charge < -0.3 is 101 Å². The fourth-order valence-electron chi connectivity index (χ4n) is 18.7. The molecule has 9 atom stereocenters. The monoisotopic (exact) mass is 1810 g/mol. The van der Waals surface area contributed by atoms with E-state index in [1.54, 1.807) is 23.8 Å². The van der Waals surface area contributed by atoms with Gasteiger partial charge in [-0.2, -0.15) is 12.6 Å². The molecule has 0 spiro atoms. The minimum absolute atomic E-state index is 0.00980. The summed E-state index contributed by atoms with van der Waals surface area (Å²) in [4.78, 5) is 127. The normalized spacial score (nSPS) is 20.3. The molecule has 6 aliphatic rings. The number of nitrogens with one attached hydrogen (secondary N) is 8. The lowest BCUT2D eigenvalue weighted by molar-refractivity contribution is -0.144. The van der Waals surface area contributed by atoms with Gasteiger partial charge in [-0.05, 0) is 189 Å². The Kier molecular flexibility index (Phi) is 42.7. The zero-order chi connectivity index (χ0) is 91.8. The highest BCUT2D eigenvalue weighted by Crippen LogP contribution is 2.56. The number of carbonyl (C=O) groups is 9. The highest BCUT2D eigenvalue weighted by Gasteiger charge is 2.53. The maximum Gasteiger partial charge on any atom is 0.246 e. The van der Waals surface area contributed by atoms with Crippen molar-refractivity contribution in [2.24, 2.45) is 40.7 Å². The number of anilines is 3. The molecule has 9 amide bonds. The lowest BCUT2D eigenvalue weighted by Gasteiger charge is -2.50. The molecule has 4 aromatic carbocycles. The Morgan fingerprint density at radius 1 is 0.566 bits per heavy atom. The molecule has 32 heteroatoms. The smallest absolute Gasteiger partial charge is 0.246 e. The van der Waals surface area contributed by atoms with Crippen molar-refractivity contribution in [2.45, 2.75) is 199 Å². The third-order valence-electron chi connectivity index (χ3n) is 25.7. The first-order chi connectivity index (χ1) is 62.5. The number of nitrogens with zero attached hydrogens (tertiary/aromatic N) is 2. The van der Waals surface area contributed by atoms with Crippen LogP contribution in [0.1, 0.15) is 195 Å². The summed E-state index contributed by atoms with van der Waals surface area (Å²) in [6.45, 7) is 15.3. The lowest BCUT2D eigenvalue weighted by Crippen LogP contribution is -2.56. The summed E-state index contributed by atoms with van der Waals surface area (Å²) < 4.78 is 51.4. The van der Waals surface area contributed by atoms with E-state index in [4.69, 9.17) is 59.9 Å². The number of benzene rings is 4. The summed E-state index contributed by atoms with van der Waals surface area (Å²) in [5.74, 6) is 9.79. The van der Waals surface area contributed by atoms with Crippen molar-refractivity contribution in [3.05, 3.63) is 135 Å². The SMILES string of the molecule is CC(C)C(NC(=O)[C@@H](CCCCNC(=O)COC1CCCCCC(N(N)CCOCCOCCOCCOCCNCCS)=C1N)NC(=O)CCOCCOCCOCCOCCNC(=O)CCC(=O)N1Cc2ccccc2C#Cc2ccccc21)C(=O)NCC(=O)Nc1ccc2c(c1)[C@@]1(C)CCCC(C(=O)NC(=O)[C@@]3(C)CCCC4c5cc(N)ccc5CC[C@H]43)C1CC2. The number of thiol groups is 1. The van der Waals surface area contributed by atoms with E-state index in [1.807, 2.05) is 79.7 Å². The third-order valence-corrected chi connectivity index (χ3v) is 26.0. The number of rotatable bonds is 54. The Bertz CT molecular complexity index is 4410. The molecule has 31 nitrogen and oxygen atoms in total. The van der Waals surface area contributed by atoms with Crippen molar-refractivity contribution >= 4 is 82.9 Å². The van der Waals surface area contributed by atoms with Crippen LogP contribution >= 0.6 is 12.6 Å². The second kappa shape index (κ2) is 54.0. The van der Waals surface area contributed by atoms with E-state index in [1.165, 1.54) is 11.1 Å². The van der Waals surface area contributed by atoms with Gasteiger partial charge in [-0.3, -0.25) is 48.5 Å². The average molecular weight is 1810 g/mol. The van der Waals surface area contributed by atoms with Crippen LogP contribution < -0.4 is 64.7 Å². The predicted molar refractivity (Wildman–Crippen MR) is 496 cm³/mol. The van der Waals surface area contributed by atoms with E-state index in [2.05, 4.69) is 86.1 Å². The van der Waals surface area contributed by atoms with Gasteiger partial charge in [0.15, 0.2) is 0 Å². The van der Waals surface area contributed by atoms with Crippen LogP contribution in [0, 0.1) is 40.9 Å². The van der Waals surface area contributed by atoms with Crippen LogP contribution in [0.5, 0.6) is 0 Å². The quantitative estimate of drug-likeness (QED) is 0.00384. The number of allylic oxidation sites excluding steroid dienone is 1. The number of hydrogen-bond acceptors (Lipinski definition) is 24. The number of hydrogen-bond donors (Lipinski definition) is 12. The molecule has 0 bridgehead atoms. The van der Waals surface area contributed by atoms with Crippen LogP contribution in [0.25, 0.3) is 0 Å². The van der Waals surface area contributed by atoms with Gasteiger partial charge in [-0.15, -0.1) is 0 Å². The summed E-state index contributed by atoms with van der Waals surface area (Å²) in [6.07, 6.45) is 12.4. The van der Waals surface area contributed by atoms with Crippen LogP contribution in [0.3, 0.4) is 0 Å². The first-order valence-corrected chi connectivity index (χ1v) is 47.3. The third kappa shape index (κ3) is 31.6. The molecule has 129 heavy (non-hydrogen) atoms. The Balaban J connectivity index is 0.644. The second-order valence-corrected chi connectivity index (χ2v) is 35.6. The number of amides is 9. The lowest BCUT2D eigenvalue weighted by atomic mass is 9.54. The van der Waals surface area contributed by atoms with Crippen LogP contribution in [0.15, 0.2) is 96.3 Å². The summed E-state index contributed by atoms with van der Waals surface area (Å²) in [5.41, 5.74) is 22.4. The molecule has 708 valence electrons. The molecular formula is C97H141N13O18S. The van der Waals surface area contributed by atoms with E-state index >= 15 is 0 Å². The summed E-state index contributed by atoms with van der Waals surface area (Å²) in [6, 6.07) is 25.0. The van der Waals surface area contributed by atoms with Crippen LogP contribution in [0.4, 0.5) is 17.1 Å². The molecule has 5 unspecified atom stereocenters. The Labute approximate surface area is 766 Å². The van der Waals surface area contributed by atoms with Crippen molar-refractivity contribution in [2.75, 3.05) is 173 Å². The summed E-state index contributed by atoms with van der Waals surface area (Å²) >= 11 is 4.17. The molecule has 0 aromatic heterocycles. The van der Waals surface area contributed by atoms with Gasteiger partial charge in [0.25, 0.3) is 0 Å². The Morgan fingerprint density at radius 3 is 1.94 bits per heavy atom. The molecule has 0 radical (unpaired) electrons. The van der Waals surface area contributed by atoms with Gasteiger partial charge in [0.1, 0.15) is 18.7 Å². The molecule has 1 heterocycles. The van der Waals surface area contributed by atoms with Gasteiger partial charge in [-0.1, -0.05) is 108 Å². The average Bonchev–Trinajstić information content (AvgIpc) is 0.735. The molecule has 4 aromatic rings. The number of ether oxygens (including phenoxy) is 9. The molecule has 2 saturated carbocycles. The van der Waals surface area contributed by atoms with Gasteiger partial charge in [0.2, 0.25) is 53.2 Å². The van der Waals surface area contributed by atoms with Crippen molar-refractivity contribution in [3.8, 4) is 11.8 Å².